The summed E-state index contributed by atoms with van der Waals surface area (Å²) in [4.78, 5) is 8.50. The molecule has 0 aliphatic carbocycles. The minimum absolute atomic E-state index is 0.204. The van der Waals surface area contributed by atoms with Crippen LogP contribution in [0, 0.1) is 18.6 Å². The monoisotopic (exact) mass is 267 g/mol. The highest BCUT2D eigenvalue weighted by Crippen LogP contribution is 2.29. The summed E-state index contributed by atoms with van der Waals surface area (Å²) in [7, 11) is 1.70. The third-order valence-electron chi connectivity index (χ3n) is 2.16. The van der Waals surface area contributed by atoms with Crippen LogP contribution in [0.5, 0.6) is 0 Å². The lowest BCUT2D eigenvalue weighted by Gasteiger charge is -2.06. The first kappa shape index (κ1) is 12.8. The van der Waals surface area contributed by atoms with Gasteiger partial charge in [0.2, 0.25) is 5.95 Å². The van der Waals surface area contributed by atoms with Crippen molar-refractivity contribution in [3.63, 3.8) is 0 Å². The molecular weight excluding hydrogens is 256 g/mol. The molecule has 0 bridgehead atoms. The van der Waals surface area contributed by atoms with E-state index in [1.54, 1.807) is 13.1 Å². The molecule has 6 heteroatoms. The van der Waals surface area contributed by atoms with Crippen molar-refractivity contribution >= 4 is 17.7 Å². The van der Waals surface area contributed by atoms with E-state index >= 15 is 0 Å². The fraction of sp³-hybridized carbons (Fsp3) is 0.167. The van der Waals surface area contributed by atoms with Gasteiger partial charge in [-0.3, -0.25) is 0 Å². The second-order valence-electron chi connectivity index (χ2n) is 3.60. The highest BCUT2D eigenvalue weighted by molar-refractivity contribution is 7.99. The Morgan fingerprint density at radius 1 is 1.17 bits per heavy atom. The smallest absolute Gasteiger partial charge is 0.223 e. The van der Waals surface area contributed by atoms with Crippen LogP contribution in [0.25, 0.3) is 0 Å². The molecule has 3 nitrogen and oxygen atoms in total. The molecule has 0 spiro atoms. The number of hydrogen-bond donors (Lipinski definition) is 1. The van der Waals surface area contributed by atoms with Gasteiger partial charge in [-0.2, -0.15) is 0 Å². The number of nitrogens with one attached hydrogen (secondary N) is 1. The van der Waals surface area contributed by atoms with Crippen molar-refractivity contribution in [3.8, 4) is 0 Å². The zero-order valence-electron chi connectivity index (χ0n) is 9.87. The number of aryl methyl sites for hydroxylation is 1. The maximum atomic E-state index is 13.5. The molecule has 0 aliphatic heterocycles. The molecule has 0 atom stereocenters. The maximum absolute atomic E-state index is 13.5. The SMILES string of the molecule is CNc1nc(C)cc(Sc2cc(F)ccc2F)n1. The van der Waals surface area contributed by atoms with Crippen molar-refractivity contribution in [2.24, 2.45) is 0 Å². The van der Waals surface area contributed by atoms with Crippen LogP contribution < -0.4 is 5.32 Å². The Hall–Kier alpha value is -1.69. The van der Waals surface area contributed by atoms with Gasteiger partial charge >= 0.3 is 0 Å². The standard InChI is InChI=1S/C12H11F2N3S/c1-7-5-11(17-12(15-2)16-7)18-10-6-8(13)3-4-9(10)14/h3-6H,1-2H3,(H,15,16,17). The Morgan fingerprint density at radius 2 is 1.94 bits per heavy atom. The summed E-state index contributed by atoms with van der Waals surface area (Å²) in [5.41, 5.74) is 0.758. The van der Waals surface area contributed by atoms with Crippen molar-refractivity contribution in [1.29, 1.82) is 0 Å². The molecule has 0 fully saturated rings. The van der Waals surface area contributed by atoms with Gasteiger partial charge in [-0.15, -0.1) is 0 Å². The lowest BCUT2D eigenvalue weighted by molar-refractivity contribution is 0.577. The largest absolute Gasteiger partial charge is 0.357 e. The number of nitrogens with zero attached hydrogens (tertiary/aromatic N) is 2. The van der Waals surface area contributed by atoms with E-state index in [0.717, 1.165) is 35.7 Å². The van der Waals surface area contributed by atoms with Crippen LogP contribution >= 0.6 is 11.8 Å². The molecule has 1 heterocycles. The number of hydrogen-bond acceptors (Lipinski definition) is 4. The molecule has 0 saturated heterocycles. The van der Waals surface area contributed by atoms with Gasteiger partial charge in [-0.25, -0.2) is 18.7 Å². The first-order valence-corrected chi connectivity index (χ1v) is 6.06. The summed E-state index contributed by atoms with van der Waals surface area (Å²) in [5.74, 6) is -0.489. The summed E-state index contributed by atoms with van der Waals surface area (Å²) >= 11 is 1.07. The molecule has 18 heavy (non-hydrogen) atoms. The summed E-state index contributed by atoms with van der Waals surface area (Å²) in [5, 5.41) is 3.38. The lowest BCUT2D eigenvalue weighted by atomic mass is 10.3. The van der Waals surface area contributed by atoms with Gasteiger partial charge in [0.1, 0.15) is 16.7 Å². The Labute approximate surface area is 108 Å². The Morgan fingerprint density at radius 3 is 2.67 bits per heavy atom. The molecule has 1 aromatic carbocycles. The Bertz CT molecular complexity index is 575. The van der Waals surface area contributed by atoms with Crippen LogP contribution in [0.3, 0.4) is 0 Å². The van der Waals surface area contributed by atoms with Gasteiger partial charge in [0.25, 0.3) is 0 Å². The van der Waals surface area contributed by atoms with Gasteiger partial charge in [0.15, 0.2) is 0 Å². The van der Waals surface area contributed by atoms with Crippen molar-refractivity contribution in [2.75, 3.05) is 12.4 Å². The molecule has 0 saturated carbocycles. The van der Waals surface area contributed by atoms with Gasteiger partial charge in [0, 0.05) is 12.7 Å². The van der Waals surface area contributed by atoms with E-state index in [0.29, 0.717) is 11.0 Å². The highest BCUT2D eigenvalue weighted by atomic mass is 32.2. The third kappa shape index (κ3) is 2.95. The molecule has 0 unspecified atom stereocenters. The van der Waals surface area contributed by atoms with Crippen LogP contribution in [-0.2, 0) is 0 Å². The molecule has 0 aliphatic rings. The molecule has 2 aromatic rings. The fourth-order valence-corrected chi connectivity index (χ4v) is 2.30. The number of halogens is 2. The minimum atomic E-state index is -0.474. The van der Waals surface area contributed by atoms with Gasteiger partial charge < -0.3 is 5.32 Å². The summed E-state index contributed by atoms with van der Waals surface area (Å²) in [6.07, 6.45) is 0. The second-order valence-corrected chi connectivity index (χ2v) is 4.66. The second kappa shape index (κ2) is 5.30. The molecule has 94 valence electrons. The van der Waals surface area contributed by atoms with Crippen LogP contribution in [0.4, 0.5) is 14.7 Å². The molecule has 0 radical (unpaired) electrons. The van der Waals surface area contributed by atoms with Crippen LogP contribution in [0.15, 0.2) is 34.2 Å². The minimum Gasteiger partial charge on any atom is -0.357 e. The summed E-state index contributed by atoms with van der Waals surface area (Å²) in [6, 6.07) is 5.06. The van der Waals surface area contributed by atoms with Crippen molar-refractivity contribution in [2.45, 2.75) is 16.8 Å². The van der Waals surface area contributed by atoms with E-state index < -0.39 is 11.6 Å². The lowest BCUT2D eigenvalue weighted by Crippen LogP contribution is -1.98. The average Bonchev–Trinajstić information content (AvgIpc) is 2.33. The third-order valence-corrected chi connectivity index (χ3v) is 3.11. The van der Waals surface area contributed by atoms with E-state index in [2.05, 4.69) is 15.3 Å². The predicted molar refractivity (Wildman–Crippen MR) is 66.8 cm³/mol. The predicted octanol–water partition coefficient (Wildman–Crippen LogP) is 3.26. The molecule has 1 N–H and O–H groups in total. The first-order chi connectivity index (χ1) is 8.58. The van der Waals surface area contributed by atoms with Crippen LogP contribution in [0.2, 0.25) is 0 Å². The van der Waals surface area contributed by atoms with Crippen molar-refractivity contribution < 1.29 is 8.78 Å². The average molecular weight is 267 g/mol. The van der Waals surface area contributed by atoms with E-state index in [1.807, 2.05) is 6.92 Å². The fourth-order valence-electron chi connectivity index (χ4n) is 1.37. The number of anilines is 1. The van der Waals surface area contributed by atoms with Gasteiger partial charge in [-0.05, 0) is 31.2 Å². The van der Waals surface area contributed by atoms with Crippen molar-refractivity contribution in [1.82, 2.24) is 9.97 Å². The normalized spacial score (nSPS) is 10.4. The number of rotatable bonds is 3. The molecule has 2 rings (SSSR count). The quantitative estimate of drug-likeness (QED) is 0.866. The highest BCUT2D eigenvalue weighted by Gasteiger charge is 2.08. The van der Waals surface area contributed by atoms with Crippen LogP contribution in [0.1, 0.15) is 5.69 Å². The zero-order valence-corrected chi connectivity index (χ0v) is 10.7. The molecular formula is C12H11F2N3S. The van der Waals surface area contributed by atoms with E-state index in [9.17, 15) is 8.78 Å². The van der Waals surface area contributed by atoms with Crippen LogP contribution in [-0.4, -0.2) is 17.0 Å². The van der Waals surface area contributed by atoms with Crippen molar-refractivity contribution in [3.05, 3.63) is 41.6 Å². The molecule has 0 amide bonds. The molecule has 1 aromatic heterocycles. The maximum Gasteiger partial charge on any atom is 0.223 e. The van der Waals surface area contributed by atoms with E-state index in [1.165, 1.54) is 0 Å². The number of benzene rings is 1. The Balaban J connectivity index is 2.33. The number of aromatic nitrogens is 2. The summed E-state index contributed by atoms with van der Waals surface area (Å²) < 4.78 is 26.5. The van der Waals surface area contributed by atoms with Gasteiger partial charge in [-0.1, -0.05) is 11.8 Å². The van der Waals surface area contributed by atoms with Gasteiger partial charge in [0.05, 0.1) is 4.90 Å². The topological polar surface area (TPSA) is 37.8 Å². The Kier molecular flexibility index (Phi) is 3.76. The zero-order chi connectivity index (χ0) is 13.1. The van der Waals surface area contributed by atoms with E-state index in [-0.39, 0.29) is 4.90 Å². The summed E-state index contributed by atoms with van der Waals surface area (Å²) in [6.45, 7) is 1.81. The first-order valence-electron chi connectivity index (χ1n) is 5.25. The van der Waals surface area contributed by atoms with E-state index in [4.69, 9.17) is 0 Å².